The topological polar surface area (TPSA) is 36.4 Å². The zero-order valence-electron chi connectivity index (χ0n) is 12.7. The molecule has 2 aromatic rings. The lowest BCUT2D eigenvalue weighted by Gasteiger charge is -2.29. The molecule has 4 rings (SSSR count). The zero-order chi connectivity index (χ0) is 15.8. The van der Waals surface area contributed by atoms with E-state index in [1.807, 2.05) is 9.80 Å². The molecule has 0 bridgehead atoms. The second kappa shape index (κ2) is 5.92. The zero-order valence-corrected chi connectivity index (χ0v) is 13.6. The fraction of sp³-hybridized carbons (Fsp3) is 0.412. The molecule has 1 fully saturated rings. The van der Waals surface area contributed by atoms with Crippen LogP contribution in [0, 0.1) is 11.7 Å². The predicted octanol–water partition coefficient (Wildman–Crippen LogP) is 2.69. The number of hydrogen-bond donors (Lipinski definition) is 0. The van der Waals surface area contributed by atoms with Gasteiger partial charge in [0.25, 0.3) is 0 Å². The van der Waals surface area contributed by atoms with E-state index in [4.69, 9.17) is 0 Å². The van der Waals surface area contributed by atoms with Crippen LogP contribution in [-0.2, 0) is 17.8 Å². The maximum atomic E-state index is 13.9. The van der Waals surface area contributed by atoms with Gasteiger partial charge in [0.1, 0.15) is 0 Å². The number of carbonyl (C=O) groups excluding carboxylic acids is 1. The summed E-state index contributed by atoms with van der Waals surface area (Å²) in [6.45, 7) is 2.74. The third kappa shape index (κ3) is 2.72. The average Bonchev–Trinajstić information content (AvgIpc) is 3.23. The molecule has 1 saturated heterocycles. The number of anilines is 1. The molecule has 0 N–H and O–H groups in total. The fourth-order valence-electron chi connectivity index (χ4n) is 3.46. The van der Waals surface area contributed by atoms with E-state index >= 15 is 0 Å². The number of thiophene rings is 1. The van der Waals surface area contributed by atoms with E-state index in [0.717, 1.165) is 19.4 Å². The van der Waals surface area contributed by atoms with Gasteiger partial charge in [-0.1, -0.05) is 0 Å². The Balaban J connectivity index is 1.44. The lowest BCUT2D eigenvalue weighted by molar-refractivity contribution is -0.135. The van der Waals surface area contributed by atoms with Crippen molar-refractivity contribution in [2.75, 3.05) is 24.5 Å². The van der Waals surface area contributed by atoms with Crippen molar-refractivity contribution in [2.24, 2.45) is 5.92 Å². The molecule has 0 aliphatic carbocycles. The highest BCUT2D eigenvalue weighted by Gasteiger charge is 2.34. The molecule has 0 spiro atoms. The quantitative estimate of drug-likeness (QED) is 0.849. The second-order valence-electron chi connectivity index (χ2n) is 6.12. The molecular weight excluding hydrogens is 313 g/mol. The van der Waals surface area contributed by atoms with E-state index in [9.17, 15) is 9.18 Å². The van der Waals surface area contributed by atoms with Crippen LogP contribution in [0.25, 0.3) is 0 Å². The first-order chi connectivity index (χ1) is 11.2. The molecule has 1 unspecified atom stereocenters. The lowest BCUT2D eigenvalue weighted by Crippen LogP contribution is -2.40. The van der Waals surface area contributed by atoms with Gasteiger partial charge >= 0.3 is 0 Å². The summed E-state index contributed by atoms with van der Waals surface area (Å²) in [4.78, 5) is 22.1. The third-order valence-electron chi connectivity index (χ3n) is 4.70. The first kappa shape index (κ1) is 14.6. The first-order valence-electron chi connectivity index (χ1n) is 7.92. The molecule has 2 aliphatic heterocycles. The van der Waals surface area contributed by atoms with Crippen LogP contribution in [0.5, 0.6) is 0 Å². The maximum Gasteiger partial charge on any atom is 0.227 e. The number of aromatic nitrogens is 1. The van der Waals surface area contributed by atoms with E-state index in [1.165, 1.54) is 16.5 Å². The summed E-state index contributed by atoms with van der Waals surface area (Å²) in [5, 5.41) is 2.10. The summed E-state index contributed by atoms with van der Waals surface area (Å²) in [6, 6.07) is 5.12. The van der Waals surface area contributed by atoms with E-state index in [1.54, 1.807) is 23.6 Å². The monoisotopic (exact) mass is 331 g/mol. The largest absolute Gasteiger partial charge is 0.353 e. The van der Waals surface area contributed by atoms with Crippen LogP contribution >= 0.6 is 11.3 Å². The molecular formula is C17H18FN3OS. The molecule has 2 aliphatic rings. The summed E-state index contributed by atoms with van der Waals surface area (Å²) in [5.41, 5.74) is 1.28. The van der Waals surface area contributed by atoms with Gasteiger partial charge < -0.3 is 9.80 Å². The standard InChI is InChI=1S/C17H18FN3OS/c18-14-2-1-6-19-16(14)20-7-3-13(11-20)17(22)21-8-4-15-12(10-21)5-9-23-15/h1-2,5-6,9,13H,3-4,7-8,10-11H2. The molecule has 23 heavy (non-hydrogen) atoms. The number of rotatable bonds is 2. The van der Waals surface area contributed by atoms with Crippen molar-refractivity contribution in [3.8, 4) is 0 Å². The summed E-state index contributed by atoms with van der Waals surface area (Å²) < 4.78 is 13.9. The Morgan fingerprint density at radius 1 is 1.35 bits per heavy atom. The molecule has 4 nitrogen and oxygen atoms in total. The van der Waals surface area contributed by atoms with Crippen LogP contribution in [0.1, 0.15) is 16.9 Å². The van der Waals surface area contributed by atoms with Crippen molar-refractivity contribution in [2.45, 2.75) is 19.4 Å². The summed E-state index contributed by atoms with van der Waals surface area (Å²) in [5.74, 6) is 0.181. The maximum absolute atomic E-state index is 13.9. The van der Waals surface area contributed by atoms with Crippen LogP contribution < -0.4 is 4.90 Å². The molecule has 2 aromatic heterocycles. The Morgan fingerprint density at radius 2 is 2.26 bits per heavy atom. The van der Waals surface area contributed by atoms with E-state index in [2.05, 4.69) is 16.4 Å². The highest BCUT2D eigenvalue weighted by atomic mass is 32.1. The molecule has 4 heterocycles. The minimum atomic E-state index is -0.318. The Kier molecular flexibility index (Phi) is 3.77. The number of pyridine rings is 1. The van der Waals surface area contributed by atoms with E-state index in [-0.39, 0.29) is 17.6 Å². The summed E-state index contributed by atoms with van der Waals surface area (Å²) in [6.07, 6.45) is 3.31. The van der Waals surface area contributed by atoms with Gasteiger partial charge in [-0.15, -0.1) is 11.3 Å². The number of amides is 1. The Labute approximate surface area is 138 Å². The van der Waals surface area contributed by atoms with Gasteiger partial charge in [0.2, 0.25) is 5.91 Å². The normalized spacial score (nSPS) is 20.7. The van der Waals surface area contributed by atoms with Crippen molar-refractivity contribution in [3.05, 3.63) is 46.0 Å². The van der Waals surface area contributed by atoms with Crippen LogP contribution in [0.2, 0.25) is 0 Å². The Morgan fingerprint density at radius 3 is 3.13 bits per heavy atom. The molecule has 0 aromatic carbocycles. The lowest BCUT2D eigenvalue weighted by atomic mass is 10.0. The smallest absolute Gasteiger partial charge is 0.227 e. The van der Waals surface area contributed by atoms with Crippen LogP contribution in [0.15, 0.2) is 29.8 Å². The number of fused-ring (bicyclic) bond motifs is 1. The minimum absolute atomic E-state index is 0.0587. The Bertz CT molecular complexity index is 732. The first-order valence-corrected chi connectivity index (χ1v) is 8.80. The van der Waals surface area contributed by atoms with Crippen molar-refractivity contribution >= 4 is 23.1 Å². The average molecular weight is 331 g/mol. The predicted molar refractivity (Wildman–Crippen MR) is 88.0 cm³/mol. The summed E-state index contributed by atoms with van der Waals surface area (Å²) >= 11 is 1.77. The van der Waals surface area contributed by atoms with Gasteiger partial charge in [0, 0.05) is 37.3 Å². The van der Waals surface area contributed by atoms with Crippen molar-refractivity contribution in [1.82, 2.24) is 9.88 Å². The van der Waals surface area contributed by atoms with E-state index in [0.29, 0.717) is 25.5 Å². The highest BCUT2D eigenvalue weighted by molar-refractivity contribution is 7.10. The SMILES string of the molecule is O=C(C1CCN(c2ncccc2F)C1)N1CCc2sccc2C1. The molecule has 1 amide bonds. The van der Waals surface area contributed by atoms with Gasteiger partial charge in [-0.25, -0.2) is 9.37 Å². The number of halogens is 1. The van der Waals surface area contributed by atoms with Crippen LogP contribution in [0.3, 0.4) is 0 Å². The van der Waals surface area contributed by atoms with Gasteiger partial charge in [-0.2, -0.15) is 0 Å². The van der Waals surface area contributed by atoms with Gasteiger partial charge in [-0.3, -0.25) is 4.79 Å². The summed E-state index contributed by atoms with van der Waals surface area (Å²) in [7, 11) is 0. The second-order valence-corrected chi connectivity index (χ2v) is 7.12. The number of carbonyl (C=O) groups is 1. The molecule has 0 saturated carbocycles. The van der Waals surface area contributed by atoms with Gasteiger partial charge in [0.15, 0.2) is 11.6 Å². The van der Waals surface area contributed by atoms with Gasteiger partial charge in [-0.05, 0) is 42.0 Å². The van der Waals surface area contributed by atoms with E-state index < -0.39 is 0 Å². The minimum Gasteiger partial charge on any atom is -0.353 e. The molecule has 120 valence electrons. The number of hydrogen-bond acceptors (Lipinski definition) is 4. The fourth-order valence-corrected chi connectivity index (χ4v) is 4.35. The van der Waals surface area contributed by atoms with Crippen LogP contribution in [-0.4, -0.2) is 35.4 Å². The molecule has 1 atom stereocenters. The molecule has 0 radical (unpaired) electrons. The van der Waals surface area contributed by atoms with Crippen LogP contribution in [0.4, 0.5) is 10.2 Å². The van der Waals surface area contributed by atoms with Crippen molar-refractivity contribution in [1.29, 1.82) is 0 Å². The highest BCUT2D eigenvalue weighted by Crippen LogP contribution is 2.29. The Hall–Kier alpha value is -1.95. The third-order valence-corrected chi connectivity index (χ3v) is 5.72. The van der Waals surface area contributed by atoms with Crippen molar-refractivity contribution < 1.29 is 9.18 Å². The van der Waals surface area contributed by atoms with Crippen molar-refractivity contribution in [3.63, 3.8) is 0 Å². The molecule has 6 heteroatoms. The number of nitrogens with zero attached hydrogens (tertiary/aromatic N) is 3. The van der Waals surface area contributed by atoms with Gasteiger partial charge in [0.05, 0.1) is 5.92 Å².